The molecule has 0 aliphatic carbocycles. The fourth-order valence-corrected chi connectivity index (χ4v) is 3.19. The third-order valence-electron chi connectivity index (χ3n) is 4.25. The summed E-state index contributed by atoms with van der Waals surface area (Å²) in [6, 6.07) is 0.662. The summed E-state index contributed by atoms with van der Waals surface area (Å²) in [5.74, 6) is 0. The molecule has 104 valence electrons. The van der Waals surface area contributed by atoms with Crippen molar-refractivity contribution in [1.29, 1.82) is 0 Å². The third kappa shape index (κ3) is 3.37. The summed E-state index contributed by atoms with van der Waals surface area (Å²) in [6.07, 6.45) is 9.37. The van der Waals surface area contributed by atoms with Crippen molar-refractivity contribution in [2.45, 2.75) is 57.4 Å². The van der Waals surface area contributed by atoms with E-state index in [1.54, 1.807) is 0 Å². The minimum absolute atomic E-state index is 0.273. The van der Waals surface area contributed by atoms with Gasteiger partial charge >= 0.3 is 6.03 Å². The first-order valence-electron chi connectivity index (χ1n) is 7.58. The Morgan fingerprint density at radius 1 is 1.00 bits per heavy atom. The molecular formula is C14H27N3O. The van der Waals surface area contributed by atoms with Crippen LogP contribution in [0.3, 0.4) is 0 Å². The average molecular weight is 253 g/mol. The standard InChI is InChI=1S/C14H27N3O/c15-9-8-13-7-3-6-12-17(13)14(18)16-10-4-1-2-5-11-16/h13H,1-12,15H2. The second-order valence-corrected chi connectivity index (χ2v) is 5.60. The molecule has 4 heteroatoms. The van der Waals surface area contributed by atoms with Gasteiger partial charge in [-0.2, -0.15) is 0 Å². The summed E-state index contributed by atoms with van der Waals surface area (Å²) in [5.41, 5.74) is 5.67. The number of amides is 2. The van der Waals surface area contributed by atoms with E-state index >= 15 is 0 Å². The SMILES string of the molecule is NCCC1CCCCN1C(=O)N1CCCCCC1. The Balaban J connectivity index is 1.95. The molecule has 4 nitrogen and oxygen atoms in total. The summed E-state index contributed by atoms with van der Waals surface area (Å²) in [5, 5.41) is 0. The Kier molecular flexibility index (Phi) is 5.29. The summed E-state index contributed by atoms with van der Waals surface area (Å²) in [7, 11) is 0. The van der Waals surface area contributed by atoms with Crippen molar-refractivity contribution in [3.63, 3.8) is 0 Å². The Hall–Kier alpha value is -0.770. The first-order valence-corrected chi connectivity index (χ1v) is 7.58. The molecule has 2 fully saturated rings. The van der Waals surface area contributed by atoms with Crippen molar-refractivity contribution < 1.29 is 4.79 Å². The molecule has 2 aliphatic rings. The Bertz CT molecular complexity index is 260. The van der Waals surface area contributed by atoms with Gasteiger partial charge < -0.3 is 15.5 Å². The second kappa shape index (κ2) is 6.98. The number of likely N-dealkylation sites (tertiary alicyclic amines) is 2. The Labute approximate surface area is 110 Å². The third-order valence-corrected chi connectivity index (χ3v) is 4.25. The highest BCUT2D eigenvalue weighted by Crippen LogP contribution is 2.22. The molecule has 2 amide bonds. The number of hydrogen-bond donors (Lipinski definition) is 1. The number of rotatable bonds is 2. The average Bonchev–Trinajstić information content (AvgIpc) is 2.68. The number of carbonyl (C=O) groups excluding carboxylic acids is 1. The van der Waals surface area contributed by atoms with Crippen LogP contribution in [0.15, 0.2) is 0 Å². The molecular weight excluding hydrogens is 226 g/mol. The highest BCUT2D eigenvalue weighted by atomic mass is 16.2. The van der Waals surface area contributed by atoms with Crippen molar-refractivity contribution in [2.75, 3.05) is 26.2 Å². The van der Waals surface area contributed by atoms with Gasteiger partial charge in [0.25, 0.3) is 0 Å². The molecule has 0 spiro atoms. The maximum absolute atomic E-state index is 12.6. The normalized spacial score (nSPS) is 25.9. The molecule has 2 saturated heterocycles. The molecule has 0 aromatic rings. The first-order chi connectivity index (χ1) is 8.83. The minimum atomic E-state index is 0.273. The van der Waals surface area contributed by atoms with Crippen molar-refractivity contribution in [3.05, 3.63) is 0 Å². The van der Waals surface area contributed by atoms with Gasteiger partial charge in [0, 0.05) is 25.7 Å². The maximum Gasteiger partial charge on any atom is 0.320 e. The summed E-state index contributed by atoms with van der Waals surface area (Å²) < 4.78 is 0. The molecule has 2 aliphatic heterocycles. The van der Waals surface area contributed by atoms with Gasteiger partial charge in [-0.15, -0.1) is 0 Å². The number of nitrogens with zero attached hydrogens (tertiary/aromatic N) is 2. The van der Waals surface area contributed by atoms with E-state index in [0.717, 1.165) is 38.9 Å². The summed E-state index contributed by atoms with van der Waals surface area (Å²) in [6.45, 7) is 3.52. The smallest absolute Gasteiger partial charge is 0.320 e. The number of urea groups is 1. The molecule has 2 N–H and O–H groups in total. The molecule has 0 saturated carbocycles. The van der Waals surface area contributed by atoms with Gasteiger partial charge in [-0.1, -0.05) is 12.8 Å². The van der Waals surface area contributed by atoms with E-state index in [9.17, 15) is 4.79 Å². The molecule has 2 heterocycles. The number of carbonyl (C=O) groups is 1. The Morgan fingerprint density at radius 3 is 2.33 bits per heavy atom. The second-order valence-electron chi connectivity index (χ2n) is 5.60. The molecule has 2 rings (SSSR count). The molecule has 0 aromatic carbocycles. The first kappa shape index (κ1) is 13.7. The maximum atomic E-state index is 12.6. The van der Waals surface area contributed by atoms with Gasteiger partial charge in [0.1, 0.15) is 0 Å². The van der Waals surface area contributed by atoms with Crippen LogP contribution in [0.4, 0.5) is 4.79 Å². The quantitative estimate of drug-likeness (QED) is 0.820. The van der Waals surface area contributed by atoms with Crippen molar-refractivity contribution in [3.8, 4) is 0 Å². The molecule has 0 aromatic heterocycles. The zero-order valence-corrected chi connectivity index (χ0v) is 11.4. The molecule has 0 bridgehead atoms. The van der Waals surface area contributed by atoms with Gasteiger partial charge in [-0.25, -0.2) is 4.79 Å². The fourth-order valence-electron chi connectivity index (χ4n) is 3.19. The molecule has 18 heavy (non-hydrogen) atoms. The highest BCUT2D eigenvalue weighted by Gasteiger charge is 2.29. The zero-order valence-electron chi connectivity index (χ0n) is 11.4. The van der Waals surface area contributed by atoms with E-state index in [1.807, 2.05) is 0 Å². The highest BCUT2D eigenvalue weighted by molar-refractivity contribution is 5.75. The van der Waals surface area contributed by atoms with Crippen LogP contribution in [0.5, 0.6) is 0 Å². The fraction of sp³-hybridized carbons (Fsp3) is 0.929. The van der Waals surface area contributed by atoms with E-state index in [4.69, 9.17) is 5.73 Å². The number of nitrogens with two attached hydrogens (primary N) is 1. The van der Waals surface area contributed by atoms with Crippen LogP contribution in [0.1, 0.15) is 51.4 Å². The van der Waals surface area contributed by atoms with E-state index in [0.29, 0.717) is 12.6 Å². The lowest BCUT2D eigenvalue weighted by molar-refractivity contribution is 0.114. The van der Waals surface area contributed by atoms with Crippen molar-refractivity contribution >= 4 is 6.03 Å². The predicted octanol–water partition coefficient (Wildman–Crippen LogP) is 2.19. The van der Waals surface area contributed by atoms with Crippen LogP contribution in [0.2, 0.25) is 0 Å². The largest absolute Gasteiger partial charge is 0.330 e. The van der Waals surface area contributed by atoms with Gasteiger partial charge in [0.2, 0.25) is 0 Å². The van der Waals surface area contributed by atoms with Gasteiger partial charge in [-0.05, 0) is 45.1 Å². The van der Waals surface area contributed by atoms with Gasteiger partial charge in [0.15, 0.2) is 0 Å². The van der Waals surface area contributed by atoms with Gasteiger partial charge in [-0.3, -0.25) is 0 Å². The minimum Gasteiger partial charge on any atom is -0.330 e. The number of piperidine rings is 1. The predicted molar refractivity (Wildman–Crippen MR) is 73.5 cm³/mol. The van der Waals surface area contributed by atoms with E-state index in [1.165, 1.54) is 32.1 Å². The molecule has 0 radical (unpaired) electrons. The van der Waals surface area contributed by atoms with E-state index in [2.05, 4.69) is 9.80 Å². The zero-order chi connectivity index (χ0) is 12.8. The van der Waals surface area contributed by atoms with Crippen LogP contribution >= 0.6 is 0 Å². The van der Waals surface area contributed by atoms with Crippen LogP contribution in [-0.2, 0) is 0 Å². The van der Waals surface area contributed by atoms with Crippen LogP contribution < -0.4 is 5.73 Å². The van der Waals surface area contributed by atoms with Gasteiger partial charge in [0.05, 0.1) is 0 Å². The lowest BCUT2D eigenvalue weighted by Gasteiger charge is -2.39. The van der Waals surface area contributed by atoms with E-state index in [-0.39, 0.29) is 6.03 Å². The molecule has 1 atom stereocenters. The number of hydrogen-bond acceptors (Lipinski definition) is 2. The van der Waals surface area contributed by atoms with Crippen molar-refractivity contribution in [2.24, 2.45) is 5.73 Å². The van der Waals surface area contributed by atoms with Crippen LogP contribution in [0.25, 0.3) is 0 Å². The topological polar surface area (TPSA) is 49.6 Å². The summed E-state index contributed by atoms with van der Waals surface area (Å²) in [4.78, 5) is 16.8. The Morgan fingerprint density at radius 2 is 1.67 bits per heavy atom. The van der Waals surface area contributed by atoms with Crippen LogP contribution in [0, 0.1) is 0 Å². The monoisotopic (exact) mass is 253 g/mol. The lowest BCUT2D eigenvalue weighted by atomic mass is 10.00. The van der Waals surface area contributed by atoms with E-state index < -0.39 is 0 Å². The lowest BCUT2D eigenvalue weighted by Crippen LogP contribution is -2.51. The van der Waals surface area contributed by atoms with Crippen molar-refractivity contribution in [1.82, 2.24) is 9.80 Å². The molecule has 1 unspecified atom stereocenters. The summed E-state index contributed by atoms with van der Waals surface area (Å²) >= 11 is 0. The van der Waals surface area contributed by atoms with Crippen LogP contribution in [-0.4, -0.2) is 48.1 Å².